The zero-order valence-corrected chi connectivity index (χ0v) is 22.2. The van der Waals surface area contributed by atoms with E-state index in [9.17, 15) is 0 Å². The van der Waals surface area contributed by atoms with Crippen molar-refractivity contribution in [3.8, 4) is 33.8 Å². The molecule has 198 valence electrons. The Kier molecular flexibility index (Phi) is 5.03. The van der Waals surface area contributed by atoms with Crippen molar-refractivity contribution in [2.45, 2.75) is 24.6 Å². The summed E-state index contributed by atoms with van der Waals surface area (Å²) in [4.78, 5) is 0. The molecule has 6 aromatic rings. The molecule has 41 heavy (non-hydrogen) atoms. The lowest BCUT2D eigenvalue weighted by Crippen LogP contribution is -2.42. The highest BCUT2D eigenvalue weighted by atomic mass is 16.8. The molecule has 10 rings (SSSR count). The fraction of sp³-hybridized carbons (Fsp3) is 0.135. The maximum atomic E-state index is 6.49. The zero-order valence-electron chi connectivity index (χ0n) is 22.2. The molecule has 0 radical (unpaired) electrons. The standard InChI is InChI=1S/C37H26O4/c1-2-12-23-22(11-1)30-21-38-36(30)39-31-19-9-10-20-32(31)40-37-35(41-37)29-18-8-7-17-28(29)34-26-15-5-3-13-24(26)33(23)25-14-4-6-16-27(25)34/h1-20,30,35-37H,21H2. The van der Waals surface area contributed by atoms with Crippen molar-refractivity contribution in [3.05, 3.63) is 132 Å². The van der Waals surface area contributed by atoms with Gasteiger partial charge in [-0.15, -0.1) is 0 Å². The predicted molar refractivity (Wildman–Crippen MR) is 160 cm³/mol. The number of para-hydroxylation sites is 2. The topological polar surface area (TPSA) is 40.2 Å². The minimum atomic E-state index is -0.415. The first-order valence-electron chi connectivity index (χ1n) is 14.2. The lowest BCUT2D eigenvalue weighted by molar-refractivity contribution is -0.186. The minimum absolute atomic E-state index is 0.0787. The number of epoxide rings is 1. The molecular formula is C37H26O4. The summed E-state index contributed by atoms with van der Waals surface area (Å²) >= 11 is 0. The van der Waals surface area contributed by atoms with Crippen LogP contribution in [0.1, 0.15) is 23.1 Å². The van der Waals surface area contributed by atoms with E-state index in [2.05, 4.69) is 97.1 Å². The highest BCUT2D eigenvalue weighted by Crippen LogP contribution is 2.51. The molecule has 4 heteroatoms. The monoisotopic (exact) mass is 534 g/mol. The fourth-order valence-electron chi connectivity index (χ4n) is 6.66. The van der Waals surface area contributed by atoms with Crippen molar-refractivity contribution < 1.29 is 18.9 Å². The lowest BCUT2D eigenvalue weighted by Gasteiger charge is -2.38. The predicted octanol–water partition coefficient (Wildman–Crippen LogP) is 8.64. The molecule has 4 aliphatic rings. The van der Waals surface area contributed by atoms with Crippen molar-refractivity contribution in [1.29, 1.82) is 0 Å². The van der Waals surface area contributed by atoms with Crippen LogP contribution in [-0.2, 0) is 9.47 Å². The molecule has 4 heterocycles. The summed E-state index contributed by atoms with van der Waals surface area (Å²) in [6.45, 7) is 0.597. The van der Waals surface area contributed by atoms with Crippen LogP contribution in [0.15, 0.2) is 121 Å². The van der Waals surface area contributed by atoms with Crippen LogP contribution in [0, 0.1) is 0 Å². The van der Waals surface area contributed by atoms with Gasteiger partial charge in [0, 0.05) is 0 Å². The molecule has 0 N–H and O–H groups in total. The van der Waals surface area contributed by atoms with Gasteiger partial charge in [-0.05, 0) is 67.1 Å². The third-order valence-electron chi connectivity index (χ3n) is 8.65. The summed E-state index contributed by atoms with van der Waals surface area (Å²) in [5.74, 6) is 1.40. The molecule has 2 saturated heterocycles. The van der Waals surface area contributed by atoms with Crippen LogP contribution in [-0.4, -0.2) is 19.2 Å². The van der Waals surface area contributed by atoms with Crippen molar-refractivity contribution in [2.75, 3.05) is 6.61 Å². The molecule has 2 bridgehead atoms. The molecule has 4 aliphatic heterocycles. The van der Waals surface area contributed by atoms with Crippen LogP contribution >= 0.6 is 0 Å². The normalized spacial score (nSPS) is 22.2. The number of ether oxygens (including phenoxy) is 4. The molecule has 4 unspecified atom stereocenters. The van der Waals surface area contributed by atoms with Gasteiger partial charge in [0.25, 0.3) is 0 Å². The molecule has 0 spiro atoms. The largest absolute Gasteiger partial charge is 0.460 e. The lowest BCUT2D eigenvalue weighted by atomic mass is 9.81. The van der Waals surface area contributed by atoms with E-state index < -0.39 is 12.6 Å². The van der Waals surface area contributed by atoms with Crippen LogP contribution < -0.4 is 9.47 Å². The van der Waals surface area contributed by atoms with Crippen LogP contribution in [0.4, 0.5) is 0 Å². The van der Waals surface area contributed by atoms with E-state index >= 15 is 0 Å². The molecular weight excluding hydrogens is 508 g/mol. The highest BCUT2D eigenvalue weighted by molar-refractivity contribution is 6.21. The Morgan fingerprint density at radius 2 is 0.927 bits per heavy atom. The summed E-state index contributed by atoms with van der Waals surface area (Å²) < 4.78 is 25.1. The highest BCUT2D eigenvalue weighted by Gasteiger charge is 2.45. The van der Waals surface area contributed by atoms with E-state index in [-0.39, 0.29) is 12.0 Å². The van der Waals surface area contributed by atoms with Crippen molar-refractivity contribution >= 4 is 21.5 Å². The van der Waals surface area contributed by atoms with Crippen LogP contribution in [0.3, 0.4) is 0 Å². The van der Waals surface area contributed by atoms with Crippen molar-refractivity contribution in [1.82, 2.24) is 0 Å². The van der Waals surface area contributed by atoms with E-state index in [4.69, 9.17) is 18.9 Å². The van der Waals surface area contributed by atoms with Gasteiger partial charge >= 0.3 is 0 Å². The van der Waals surface area contributed by atoms with Gasteiger partial charge in [0.2, 0.25) is 12.6 Å². The Labute approximate surface area is 237 Å². The van der Waals surface area contributed by atoms with E-state index in [1.54, 1.807) is 0 Å². The molecule has 0 saturated carbocycles. The first kappa shape index (κ1) is 23.1. The first-order valence-corrected chi connectivity index (χ1v) is 14.2. The van der Waals surface area contributed by atoms with Gasteiger partial charge in [-0.2, -0.15) is 0 Å². The quantitative estimate of drug-likeness (QED) is 0.144. The Morgan fingerprint density at radius 1 is 0.463 bits per heavy atom. The van der Waals surface area contributed by atoms with Gasteiger partial charge in [0.1, 0.15) is 6.10 Å². The van der Waals surface area contributed by atoms with Crippen LogP contribution in [0.25, 0.3) is 43.8 Å². The third-order valence-corrected chi connectivity index (χ3v) is 8.65. The second kappa shape index (κ2) is 8.93. The van der Waals surface area contributed by atoms with Gasteiger partial charge in [0.05, 0.1) is 12.5 Å². The van der Waals surface area contributed by atoms with Gasteiger partial charge in [0.15, 0.2) is 11.5 Å². The molecule has 4 atom stereocenters. The second-order valence-electron chi connectivity index (χ2n) is 10.9. The SMILES string of the molecule is c1ccc2c(c1)OC1OCC1c1ccccc1-c1c3ccccc3c(c3ccccc13)-c1ccccc1C1OC1O2. The maximum Gasteiger partial charge on any atom is 0.231 e. The molecule has 4 nitrogen and oxygen atoms in total. The first-order chi connectivity index (χ1) is 20.3. The number of hydrogen-bond acceptors (Lipinski definition) is 4. The van der Waals surface area contributed by atoms with Gasteiger partial charge in [-0.25, -0.2) is 0 Å². The third kappa shape index (κ3) is 3.54. The van der Waals surface area contributed by atoms with Gasteiger partial charge < -0.3 is 18.9 Å². The van der Waals surface area contributed by atoms with Gasteiger partial charge in [-0.1, -0.05) is 109 Å². The molecule has 0 aromatic heterocycles. The van der Waals surface area contributed by atoms with E-state index in [1.165, 1.54) is 49.4 Å². The van der Waals surface area contributed by atoms with Crippen LogP contribution in [0.2, 0.25) is 0 Å². The van der Waals surface area contributed by atoms with Crippen molar-refractivity contribution in [3.63, 3.8) is 0 Å². The van der Waals surface area contributed by atoms with Crippen LogP contribution in [0.5, 0.6) is 11.5 Å². The van der Waals surface area contributed by atoms with Crippen molar-refractivity contribution in [2.24, 2.45) is 0 Å². The number of benzene rings is 6. The van der Waals surface area contributed by atoms with E-state index in [0.717, 1.165) is 5.56 Å². The smallest absolute Gasteiger partial charge is 0.231 e. The molecule has 6 aromatic carbocycles. The maximum absolute atomic E-state index is 6.49. The van der Waals surface area contributed by atoms with E-state index in [1.807, 2.05) is 24.3 Å². The fourth-order valence-corrected chi connectivity index (χ4v) is 6.66. The molecule has 0 aliphatic carbocycles. The average Bonchev–Trinajstić information content (AvgIpc) is 3.77. The minimum Gasteiger partial charge on any atom is -0.460 e. The summed E-state index contributed by atoms with van der Waals surface area (Å²) in [7, 11) is 0. The second-order valence-corrected chi connectivity index (χ2v) is 10.9. The van der Waals surface area contributed by atoms with Gasteiger partial charge in [-0.3, -0.25) is 0 Å². The summed E-state index contributed by atoms with van der Waals surface area (Å²) in [6, 6.07) is 42.6. The summed E-state index contributed by atoms with van der Waals surface area (Å²) in [5.41, 5.74) is 7.19. The Morgan fingerprint density at radius 3 is 1.49 bits per heavy atom. The summed E-state index contributed by atoms with van der Waals surface area (Å²) in [5, 5.41) is 4.89. The average molecular weight is 535 g/mol. The molecule has 2 fully saturated rings. The Hall–Kier alpha value is -4.64. The van der Waals surface area contributed by atoms with E-state index in [0.29, 0.717) is 18.1 Å². The Bertz CT molecular complexity index is 1920. The zero-order chi connectivity index (χ0) is 26.9. The molecule has 0 amide bonds. The number of hydrogen-bond donors (Lipinski definition) is 0. The number of rotatable bonds is 0. The summed E-state index contributed by atoms with van der Waals surface area (Å²) in [6.07, 6.45) is -0.996. The Balaban J connectivity index is 1.38.